The molecule has 1 unspecified atom stereocenters. The summed E-state index contributed by atoms with van der Waals surface area (Å²) in [6, 6.07) is 3.48. The average molecular weight is 390 g/mol. The van der Waals surface area contributed by atoms with Gasteiger partial charge >= 0.3 is 0 Å². The summed E-state index contributed by atoms with van der Waals surface area (Å²) in [6.45, 7) is 4.13. The minimum atomic E-state index is -0.217. The van der Waals surface area contributed by atoms with Crippen molar-refractivity contribution in [3.05, 3.63) is 24.0 Å². The Morgan fingerprint density at radius 1 is 1.29 bits per heavy atom. The van der Waals surface area contributed by atoms with Crippen LogP contribution in [0.1, 0.15) is 36.2 Å². The number of nitrogens with zero attached hydrogens (tertiary/aromatic N) is 3. The van der Waals surface area contributed by atoms with Crippen molar-refractivity contribution in [1.29, 1.82) is 0 Å². The van der Waals surface area contributed by atoms with Crippen LogP contribution in [0.5, 0.6) is 5.75 Å². The summed E-state index contributed by atoms with van der Waals surface area (Å²) in [7, 11) is 1.63. The van der Waals surface area contributed by atoms with Gasteiger partial charge < -0.3 is 20.1 Å². The van der Waals surface area contributed by atoms with Crippen molar-refractivity contribution in [2.75, 3.05) is 46.4 Å². The molecule has 0 saturated carbocycles. The second-order valence-electron chi connectivity index (χ2n) is 7.51. The maximum absolute atomic E-state index is 12.6. The first-order valence-corrected chi connectivity index (χ1v) is 10.0. The van der Waals surface area contributed by atoms with Gasteiger partial charge in [0.15, 0.2) is 5.69 Å². The molecule has 1 aromatic heterocycles. The highest BCUT2D eigenvalue weighted by atomic mass is 16.5. The summed E-state index contributed by atoms with van der Waals surface area (Å²) in [5.41, 5.74) is 0.117. The van der Waals surface area contributed by atoms with Crippen LogP contribution in [0.4, 0.5) is 0 Å². The molecule has 2 N–H and O–H groups in total. The summed E-state index contributed by atoms with van der Waals surface area (Å²) >= 11 is 0. The van der Waals surface area contributed by atoms with Gasteiger partial charge in [-0.15, -0.1) is 0 Å². The number of pyridine rings is 1. The van der Waals surface area contributed by atoms with E-state index in [1.54, 1.807) is 18.1 Å². The van der Waals surface area contributed by atoms with Gasteiger partial charge in [-0.2, -0.15) is 0 Å². The van der Waals surface area contributed by atoms with Crippen LogP contribution >= 0.6 is 0 Å². The molecule has 8 heteroatoms. The van der Waals surface area contributed by atoms with E-state index in [2.05, 4.69) is 15.2 Å². The van der Waals surface area contributed by atoms with Gasteiger partial charge in [0.2, 0.25) is 5.91 Å². The first kappa shape index (κ1) is 20.5. The molecule has 2 fully saturated rings. The van der Waals surface area contributed by atoms with Crippen LogP contribution < -0.4 is 5.32 Å². The Labute approximate surface area is 165 Å². The number of aromatic nitrogens is 1. The van der Waals surface area contributed by atoms with Gasteiger partial charge in [0.1, 0.15) is 5.75 Å². The van der Waals surface area contributed by atoms with Crippen LogP contribution in [0.25, 0.3) is 0 Å². The van der Waals surface area contributed by atoms with Gasteiger partial charge in [0.25, 0.3) is 5.91 Å². The van der Waals surface area contributed by atoms with Gasteiger partial charge in [0.05, 0.1) is 12.5 Å². The molecule has 1 atom stereocenters. The lowest BCUT2D eigenvalue weighted by Crippen LogP contribution is -2.51. The van der Waals surface area contributed by atoms with Crippen molar-refractivity contribution in [2.45, 2.75) is 31.7 Å². The van der Waals surface area contributed by atoms with Gasteiger partial charge in [-0.1, -0.05) is 0 Å². The molecule has 2 aliphatic rings. The zero-order valence-corrected chi connectivity index (χ0v) is 16.5. The van der Waals surface area contributed by atoms with Crippen LogP contribution in [0.3, 0.4) is 0 Å². The summed E-state index contributed by atoms with van der Waals surface area (Å²) in [5, 5.41) is 12.8. The maximum atomic E-state index is 12.6. The number of carbonyl (C=O) groups is 2. The number of hydrogen-bond donors (Lipinski definition) is 2. The van der Waals surface area contributed by atoms with E-state index in [9.17, 15) is 14.7 Å². The summed E-state index contributed by atoms with van der Waals surface area (Å²) in [6.07, 6.45) is 5.20. The van der Waals surface area contributed by atoms with Crippen molar-refractivity contribution < 1.29 is 19.4 Å². The van der Waals surface area contributed by atoms with Gasteiger partial charge in [-0.25, -0.2) is 4.98 Å². The van der Waals surface area contributed by atoms with E-state index in [0.717, 1.165) is 38.8 Å². The highest BCUT2D eigenvalue weighted by Gasteiger charge is 2.33. The van der Waals surface area contributed by atoms with Gasteiger partial charge in [0, 0.05) is 45.5 Å². The molecular weight excluding hydrogens is 360 g/mol. The van der Waals surface area contributed by atoms with Crippen LogP contribution in [-0.2, 0) is 9.53 Å². The predicted molar refractivity (Wildman–Crippen MR) is 104 cm³/mol. The molecule has 28 heavy (non-hydrogen) atoms. The topological polar surface area (TPSA) is 95.0 Å². The van der Waals surface area contributed by atoms with Crippen molar-refractivity contribution in [3.63, 3.8) is 0 Å². The Bertz CT molecular complexity index is 676. The normalized spacial score (nSPS) is 21.5. The van der Waals surface area contributed by atoms with Crippen molar-refractivity contribution >= 4 is 11.8 Å². The smallest absolute Gasteiger partial charge is 0.276 e. The second kappa shape index (κ2) is 9.84. The Kier molecular flexibility index (Phi) is 7.22. The van der Waals surface area contributed by atoms with E-state index in [1.165, 1.54) is 12.3 Å². The standard InChI is InChI=1S/C20H30N4O4/c1-28-13-9-22-19(26)15-4-3-10-24(14-15)16-6-11-23(12-7-16)20(27)18-17(25)5-2-8-21-18/h2,5,8,15-16,25H,3-4,6-7,9-14H2,1H3,(H,22,26). The summed E-state index contributed by atoms with van der Waals surface area (Å²) in [4.78, 5) is 33.1. The lowest BCUT2D eigenvalue weighted by atomic mass is 9.93. The van der Waals surface area contributed by atoms with Crippen molar-refractivity contribution in [3.8, 4) is 5.75 Å². The number of methoxy groups -OCH3 is 1. The number of hydrogen-bond acceptors (Lipinski definition) is 6. The molecule has 0 radical (unpaired) electrons. The number of likely N-dealkylation sites (tertiary alicyclic amines) is 2. The van der Waals surface area contributed by atoms with Crippen LogP contribution in [0.2, 0.25) is 0 Å². The van der Waals surface area contributed by atoms with E-state index in [0.29, 0.717) is 32.3 Å². The number of carbonyl (C=O) groups excluding carboxylic acids is 2. The monoisotopic (exact) mass is 390 g/mol. The third kappa shape index (κ3) is 4.99. The first-order valence-electron chi connectivity index (χ1n) is 10.0. The molecule has 2 saturated heterocycles. The third-order valence-corrected chi connectivity index (χ3v) is 5.69. The van der Waals surface area contributed by atoms with Crippen molar-refractivity contribution in [1.82, 2.24) is 20.1 Å². The molecule has 8 nitrogen and oxygen atoms in total. The molecule has 154 valence electrons. The lowest BCUT2D eigenvalue weighted by molar-refractivity contribution is -0.127. The molecule has 3 rings (SSSR count). The molecular formula is C20H30N4O4. The van der Waals surface area contributed by atoms with Crippen LogP contribution in [0, 0.1) is 5.92 Å². The fourth-order valence-electron chi connectivity index (χ4n) is 4.12. The van der Waals surface area contributed by atoms with E-state index in [-0.39, 0.29) is 29.2 Å². The minimum absolute atomic E-state index is 0.0238. The molecule has 1 aromatic rings. The Morgan fingerprint density at radius 3 is 2.79 bits per heavy atom. The maximum Gasteiger partial charge on any atom is 0.276 e. The largest absolute Gasteiger partial charge is 0.505 e. The highest BCUT2D eigenvalue weighted by Crippen LogP contribution is 2.25. The molecule has 2 amide bonds. The predicted octanol–water partition coefficient (Wildman–Crippen LogP) is 0.866. The van der Waals surface area contributed by atoms with E-state index in [4.69, 9.17) is 4.74 Å². The fraction of sp³-hybridized carbons (Fsp3) is 0.650. The molecule has 3 heterocycles. The number of rotatable bonds is 6. The number of ether oxygens (including phenoxy) is 1. The number of aromatic hydroxyl groups is 1. The SMILES string of the molecule is COCCNC(=O)C1CCCN(C2CCN(C(=O)c3ncccc3O)CC2)C1. The lowest BCUT2D eigenvalue weighted by Gasteiger charge is -2.42. The van der Waals surface area contributed by atoms with Gasteiger partial charge in [-0.3, -0.25) is 14.5 Å². The average Bonchev–Trinajstić information content (AvgIpc) is 2.74. The first-order chi connectivity index (χ1) is 13.6. The molecule has 2 aliphatic heterocycles. The zero-order valence-electron chi connectivity index (χ0n) is 16.5. The molecule has 0 spiro atoms. The van der Waals surface area contributed by atoms with Crippen LogP contribution in [0.15, 0.2) is 18.3 Å². The van der Waals surface area contributed by atoms with E-state index < -0.39 is 0 Å². The Morgan fingerprint density at radius 2 is 2.07 bits per heavy atom. The minimum Gasteiger partial charge on any atom is -0.505 e. The fourth-order valence-corrected chi connectivity index (χ4v) is 4.12. The quantitative estimate of drug-likeness (QED) is 0.700. The zero-order chi connectivity index (χ0) is 19.9. The third-order valence-electron chi connectivity index (χ3n) is 5.69. The van der Waals surface area contributed by atoms with Gasteiger partial charge in [-0.05, 0) is 44.4 Å². The van der Waals surface area contributed by atoms with Crippen LogP contribution in [-0.4, -0.2) is 84.2 Å². The molecule has 0 bridgehead atoms. The summed E-state index contributed by atoms with van der Waals surface area (Å²) < 4.78 is 4.99. The Balaban J connectivity index is 1.49. The number of amides is 2. The van der Waals surface area contributed by atoms with E-state index >= 15 is 0 Å². The molecule has 0 aliphatic carbocycles. The summed E-state index contributed by atoms with van der Waals surface area (Å²) in [5.74, 6) is -0.158. The van der Waals surface area contributed by atoms with Crippen molar-refractivity contribution in [2.24, 2.45) is 5.92 Å². The number of piperidine rings is 2. The number of nitrogens with one attached hydrogen (secondary N) is 1. The highest BCUT2D eigenvalue weighted by molar-refractivity contribution is 5.94. The molecule has 0 aromatic carbocycles. The van der Waals surface area contributed by atoms with E-state index in [1.807, 2.05) is 0 Å². The Hall–Kier alpha value is -2.19. The second-order valence-corrected chi connectivity index (χ2v) is 7.51.